The fourth-order valence-electron chi connectivity index (χ4n) is 2.34. The first-order chi connectivity index (χ1) is 11.6. The number of carbonyl (C=O) groups is 1. The predicted molar refractivity (Wildman–Crippen MR) is 92.3 cm³/mol. The molecule has 0 aliphatic heterocycles. The third-order valence-electron chi connectivity index (χ3n) is 3.66. The summed E-state index contributed by atoms with van der Waals surface area (Å²) in [5.41, 5.74) is 1.48. The first kappa shape index (κ1) is 18.5. The molecule has 1 aromatic heterocycles. The Kier molecular flexibility index (Phi) is 6.81. The average molecular weight is 351 g/mol. The number of thioether (sulfide) groups is 1. The lowest BCUT2D eigenvalue weighted by molar-refractivity contribution is -0.127. The van der Waals surface area contributed by atoms with Crippen LogP contribution in [0.4, 0.5) is 4.39 Å². The number of hydrogen-bond acceptors (Lipinski definition) is 4. The first-order valence-electron chi connectivity index (χ1n) is 7.89. The number of aromatic nitrogens is 2. The molecular weight excluding hydrogens is 329 g/mol. The number of hydrogen-bond donors (Lipinski definition) is 1. The molecule has 7 heteroatoms. The second-order valence-electron chi connectivity index (χ2n) is 5.28. The SMILES string of the molecule is CCN(CC)C(=O)CSc1nc(CO)cn1Cc1ccc(F)cc1. The molecule has 0 bridgehead atoms. The Morgan fingerprint density at radius 2 is 1.96 bits per heavy atom. The largest absolute Gasteiger partial charge is 0.390 e. The molecule has 1 heterocycles. The standard InChI is InChI=1S/C17H22FN3O2S/c1-3-20(4-2)16(23)12-24-17-19-15(11-22)10-21(17)9-13-5-7-14(18)8-6-13/h5-8,10,22H,3-4,9,11-12H2,1-2H3. The van der Waals surface area contributed by atoms with Crippen LogP contribution < -0.4 is 0 Å². The van der Waals surface area contributed by atoms with Gasteiger partial charge in [-0.1, -0.05) is 23.9 Å². The second kappa shape index (κ2) is 8.84. The van der Waals surface area contributed by atoms with Crippen molar-refractivity contribution in [1.82, 2.24) is 14.5 Å². The predicted octanol–water partition coefficient (Wildman–Crippen LogP) is 2.52. The van der Waals surface area contributed by atoms with Crippen LogP contribution in [0.5, 0.6) is 0 Å². The number of imidazole rings is 1. The van der Waals surface area contributed by atoms with Gasteiger partial charge in [-0.2, -0.15) is 0 Å². The summed E-state index contributed by atoms with van der Waals surface area (Å²) in [6.07, 6.45) is 1.76. The Morgan fingerprint density at radius 3 is 2.54 bits per heavy atom. The maximum atomic E-state index is 13.0. The van der Waals surface area contributed by atoms with Crippen molar-refractivity contribution in [3.05, 3.63) is 47.5 Å². The van der Waals surface area contributed by atoms with Gasteiger partial charge in [0.2, 0.25) is 5.91 Å². The molecule has 130 valence electrons. The lowest BCUT2D eigenvalue weighted by atomic mass is 10.2. The van der Waals surface area contributed by atoms with Gasteiger partial charge in [-0.05, 0) is 31.5 Å². The van der Waals surface area contributed by atoms with E-state index in [1.54, 1.807) is 23.2 Å². The summed E-state index contributed by atoms with van der Waals surface area (Å²) in [5.74, 6) is 0.0826. The molecule has 0 unspecified atom stereocenters. The van der Waals surface area contributed by atoms with Crippen LogP contribution >= 0.6 is 11.8 Å². The van der Waals surface area contributed by atoms with Crippen molar-refractivity contribution in [2.24, 2.45) is 0 Å². The lowest BCUT2D eigenvalue weighted by Gasteiger charge is -2.18. The van der Waals surface area contributed by atoms with Crippen LogP contribution in [0.1, 0.15) is 25.1 Å². The fourth-order valence-corrected chi connectivity index (χ4v) is 3.24. The van der Waals surface area contributed by atoms with E-state index in [9.17, 15) is 14.3 Å². The fraction of sp³-hybridized carbons (Fsp3) is 0.412. The summed E-state index contributed by atoms with van der Waals surface area (Å²) in [7, 11) is 0. The van der Waals surface area contributed by atoms with Crippen LogP contribution in [-0.4, -0.2) is 44.3 Å². The van der Waals surface area contributed by atoms with E-state index in [1.165, 1.54) is 23.9 Å². The molecule has 1 N–H and O–H groups in total. The van der Waals surface area contributed by atoms with Crippen molar-refractivity contribution in [2.45, 2.75) is 32.2 Å². The summed E-state index contributed by atoms with van der Waals surface area (Å²) >= 11 is 1.35. The van der Waals surface area contributed by atoms with Crippen molar-refractivity contribution in [3.8, 4) is 0 Å². The summed E-state index contributed by atoms with van der Waals surface area (Å²) in [4.78, 5) is 18.3. The molecule has 1 amide bonds. The van der Waals surface area contributed by atoms with Crippen molar-refractivity contribution < 1.29 is 14.3 Å². The maximum Gasteiger partial charge on any atom is 0.233 e. The molecule has 0 saturated carbocycles. The van der Waals surface area contributed by atoms with Crippen molar-refractivity contribution in [1.29, 1.82) is 0 Å². The van der Waals surface area contributed by atoms with Crippen molar-refractivity contribution in [2.75, 3.05) is 18.8 Å². The van der Waals surface area contributed by atoms with E-state index in [1.807, 2.05) is 18.4 Å². The van der Waals surface area contributed by atoms with Crippen LogP contribution in [0, 0.1) is 5.82 Å². The van der Waals surface area contributed by atoms with E-state index >= 15 is 0 Å². The number of rotatable bonds is 8. The number of aliphatic hydroxyl groups is 1. The summed E-state index contributed by atoms with van der Waals surface area (Å²) in [5, 5.41) is 9.98. The number of carbonyl (C=O) groups excluding carboxylic acids is 1. The maximum absolute atomic E-state index is 13.0. The minimum Gasteiger partial charge on any atom is -0.390 e. The molecule has 0 spiro atoms. The van der Waals surface area contributed by atoms with Gasteiger partial charge in [-0.25, -0.2) is 9.37 Å². The number of amides is 1. The van der Waals surface area contributed by atoms with E-state index < -0.39 is 0 Å². The van der Waals surface area contributed by atoms with Gasteiger partial charge in [0.25, 0.3) is 0 Å². The smallest absolute Gasteiger partial charge is 0.233 e. The molecule has 0 radical (unpaired) electrons. The molecule has 0 saturated heterocycles. The second-order valence-corrected chi connectivity index (χ2v) is 6.22. The number of halogens is 1. The molecule has 2 aromatic rings. The molecule has 1 aromatic carbocycles. The molecule has 24 heavy (non-hydrogen) atoms. The third kappa shape index (κ3) is 4.82. The van der Waals surface area contributed by atoms with Gasteiger partial charge in [0, 0.05) is 25.8 Å². The highest BCUT2D eigenvalue weighted by molar-refractivity contribution is 7.99. The van der Waals surface area contributed by atoms with Gasteiger partial charge in [-0.3, -0.25) is 4.79 Å². The van der Waals surface area contributed by atoms with Crippen LogP contribution in [-0.2, 0) is 17.9 Å². The highest BCUT2D eigenvalue weighted by Gasteiger charge is 2.14. The summed E-state index contributed by atoms with van der Waals surface area (Å²) in [6, 6.07) is 6.25. The van der Waals surface area contributed by atoms with Crippen molar-refractivity contribution in [3.63, 3.8) is 0 Å². The minimum absolute atomic E-state index is 0.0619. The Balaban J connectivity index is 2.10. The van der Waals surface area contributed by atoms with Gasteiger partial charge in [0.05, 0.1) is 18.1 Å². The minimum atomic E-state index is -0.278. The number of aliphatic hydroxyl groups excluding tert-OH is 1. The highest BCUT2D eigenvalue weighted by Crippen LogP contribution is 2.20. The Labute approximate surface area is 145 Å². The summed E-state index contributed by atoms with van der Waals surface area (Å²) < 4.78 is 14.9. The van der Waals surface area contributed by atoms with Gasteiger partial charge in [0.15, 0.2) is 5.16 Å². The van der Waals surface area contributed by atoms with Gasteiger partial charge >= 0.3 is 0 Å². The summed E-state index contributed by atoms with van der Waals surface area (Å²) in [6.45, 7) is 5.61. The molecule has 2 rings (SSSR count). The zero-order valence-electron chi connectivity index (χ0n) is 13.9. The Hall–Kier alpha value is -1.86. The number of benzene rings is 1. The molecular formula is C17H22FN3O2S. The molecule has 5 nitrogen and oxygen atoms in total. The van der Waals surface area contributed by atoms with Crippen LogP contribution in [0.25, 0.3) is 0 Å². The third-order valence-corrected chi connectivity index (χ3v) is 4.63. The highest BCUT2D eigenvalue weighted by atomic mass is 32.2. The molecule has 0 aliphatic rings. The van der Waals surface area contributed by atoms with Crippen molar-refractivity contribution >= 4 is 17.7 Å². The Bertz CT molecular complexity index is 669. The van der Waals surface area contributed by atoms with Gasteiger partial charge < -0.3 is 14.6 Å². The zero-order valence-corrected chi connectivity index (χ0v) is 14.7. The molecule has 0 aliphatic carbocycles. The van der Waals surface area contributed by atoms with Crippen LogP contribution in [0.15, 0.2) is 35.6 Å². The topological polar surface area (TPSA) is 58.4 Å². The zero-order chi connectivity index (χ0) is 17.5. The monoisotopic (exact) mass is 351 g/mol. The quantitative estimate of drug-likeness (QED) is 0.743. The van der Waals surface area contributed by atoms with E-state index in [-0.39, 0.29) is 18.3 Å². The van der Waals surface area contributed by atoms with Crippen LogP contribution in [0.3, 0.4) is 0 Å². The Morgan fingerprint density at radius 1 is 1.29 bits per heavy atom. The normalized spacial score (nSPS) is 10.8. The van der Waals surface area contributed by atoms with E-state index in [0.717, 1.165) is 5.56 Å². The molecule has 0 fully saturated rings. The van der Waals surface area contributed by atoms with E-state index in [0.29, 0.717) is 36.2 Å². The first-order valence-corrected chi connectivity index (χ1v) is 8.87. The van der Waals surface area contributed by atoms with Crippen LogP contribution in [0.2, 0.25) is 0 Å². The number of nitrogens with zero attached hydrogens (tertiary/aromatic N) is 3. The molecule has 0 atom stereocenters. The van der Waals surface area contributed by atoms with E-state index in [4.69, 9.17) is 0 Å². The van der Waals surface area contributed by atoms with Gasteiger partial charge in [-0.15, -0.1) is 0 Å². The lowest BCUT2D eigenvalue weighted by Crippen LogP contribution is -2.31. The average Bonchev–Trinajstić information content (AvgIpc) is 2.98. The van der Waals surface area contributed by atoms with E-state index in [2.05, 4.69) is 4.98 Å². The van der Waals surface area contributed by atoms with Gasteiger partial charge in [0.1, 0.15) is 5.82 Å².